The van der Waals surface area contributed by atoms with Crippen molar-refractivity contribution in [3.05, 3.63) is 48.3 Å². The Morgan fingerprint density at radius 2 is 1.95 bits per heavy atom. The van der Waals surface area contributed by atoms with Gasteiger partial charge in [-0.1, -0.05) is 37.3 Å². The second-order valence-electron chi connectivity index (χ2n) is 4.52. The number of hydrogen-bond donors (Lipinski definition) is 1. The highest BCUT2D eigenvalue weighted by Gasteiger charge is 2.21. The fourth-order valence-corrected chi connectivity index (χ4v) is 3.24. The van der Waals surface area contributed by atoms with Crippen LogP contribution in [0.15, 0.2) is 47.6 Å². The molecule has 0 fully saturated rings. The molecule has 0 radical (unpaired) electrons. The Balaban J connectivity index is 2.22. The van der Waals surface area contributed by atoms with Gasteiger partial charge in [-0.05, 0) is 18.9 Å². The molecule has 6 heteroatoms. The van der Waals surface area contributed by atoms with E-state index < -0.39 is 10.0 Å². The van der Waals surface area contributed by atoms with Gasteiger partial charge in [0.1, 0.15) is 4.90 Å². The zero-order chi connectivity index (χ0) is 14.6. The molecular weight excluding hydrogens is 274 g/mol. The third-order valence-electron chi connectivity index (χ3n) is 3.15. The fourth-order valence-electron chi connectivity index (χ4n) is 1.98. The molecule has 0 aliphatic rings. The second-order valence-corrected chi connectivity index (χ2v) is 6.24. The van der Waals surface area contributed by atoms with Crippen molar-refractivity contribution in [2.75, 3.05) is 0 Å². The monoisotopic (exact) mass is 293 g/mol. The highest BCUT2D eigenvalue weighted by atomic mass is 32.2. The van der Waals surface area contributed by atoms with Crippen molar-refractivity contribution in [3.63, 3.8) is 0 Å². The molecule has 0 aliphatic heterocycles. The van der Waals surface area contributed by atoms with E-state index in [1.54, 1.807) is 10.9 Å². The summed E-state index contributed by atoms with van der Waals surface area (Å²) >= 11 is 0. The van der Waals surface area contributed by atoms with Crippen molar-refractivity contribution in [2.45, 2.75) is 37.8 Å². The minimum atomic E-state index is -3.54. The van der Waals surface area contributed by atoms with Crippen molar-refractivity contribution >= 4 is 10.0 Å². The molecule has 0 aliphatic carbocycles. The normalized spacial score (nSPS) is 13.3. The van der Waals surface area contributed by atoms with Crippen LogP contribution in [0.1, 0.15) is 31.9 Å². The number of aryl methyl sites for hydroxylation is 1. The largest absolute Gasteiger partial charge is 0.272 e. The predicted octanol–water partition coefficient (Wildman–Crippen LogP) is 2.33. The SMILES string of the molecule is CC[C@H](NS(=O)(=O)c1cnn(CC)c1)c1ccccc1. The van der Waals surface area contributed by atoms with Gasteiger partial charge >= 0.3 is 0 Å². The maximum atomic E-state index is 12.3. The van der Waals surface area contributed by atoms with E-state index in [9.17, 15) is 8.42 Å². The highest BCUT2D eigenvalue weighted by Crippen LogP contribution is 2.19. The standard InChI is InChI=1S/C14H19N3O2S/c1-3-14(12-8-6-5-7-9-12)16-20(18,19)13-10-15-17(4-2)11-13/h5-11,14,16H,3-4H2,1-2H3/t14-/m0/s1. The van der Waals surface area contributed by atoms with E-state index in [-0.39, 0.29) is 10.9 Å². The molecule has 2 aromatic rings. The van der Waals surface area contributed by atoms with Crippen LogP contribution >= 0.6 is 0 Å². The van der Waals surface area contributed by atoms with Gasteiger partial charge in [-0.3, -0.25) is 4.68 Å². The van der Waals surface area contributed by atoms with Crippen LogP contribution < -0.4 is 4.72 Å². The molecule has 0 saturated carbocycles. The predicted molar refractivity (Wildman–Crippen MR) is 77.7 cm³/mol. The molecule has 1 heterocycles. The van der Waals surface area contributed by atoms with Crippen LogP contribution in [0.5, 0.6) is 0 Å². The number of sulfonamides is 1. The summed E-state index contributed by atoms with van der Waals surface area (Å²) in [6, 6.07) is 9.34. The molecule has 5 nitrogen and oxygen atoms in total. The van der Waals surface area contributed by atoms with Gasteiger partial charge < -0.3 is 0 Å². The van der Waals surface area contributed by atoms with Crippen LogP contribution in [0.3, 0.4) is 0 Å². The Labute approximate surface area is 119 Å². The molecule has 108 valence electrons. The van der Waals surface area contributed by atoms with Crippen molar-refractivity contribution in [3.8, 4) is 0 Å². The number of benzene rings is 1. The van der Waals surface area contributed by atoms with Crippen LogP contribution in [-0.4, -0.2) is 18.2 Å². The molecule has 1 aromatic carbocycles. The van der Waals surface area contributed by atoms with E-state index in [2.05, 4.69) is 9.82 Å². The zero-order valence-electron chi connectivity index (χ0n) is 11.7. The zero-order valence-corrected chi connectivity index (χ0v) is 12.5. The van der Waals surface area contributed by atoms with E-state index in [1.807, 2.05) is 44.2 Å². The van der Waals surface area contributed by atoms with E-state index in [0.717, 1.165) is 5.56 Å². The van der Waals surface area contributed by atoms with Crippen molar-refractivity contribution in [2.24, 2.45) is 0 Å². The maximum Gasteiger partial charge on any atom is 0.244 e. The number of nitrogens with one attached hydrogen (secondary N) is 1. The van der Waals surface area contributed by atoms with E-state index in [1.165, 1.54) is 6.20 Å². The lowest BCUT2D eigenvalue weighted by molar-refractivity contribution is 0.550. The molecule has 1 N–H and O–H groups in total. The van der Waals surface area contributed by atoms with E-state index in [4.69, 9.17) is 0 Å². The average molecular weight is 293 g/mol. The summed E-state index contributed by atoms with van der Waals surface area (Å²) in [5.74, 6) is 0. The van der Waals surface area contributed by atoms with Gasteiger partial charge in [0.2, 0.25) is 10.0 Å². The summed E-state index contributed by atoms with van der Waals surface area (Å²) in [7, 11) is -3.54. The van der Waals surface area contributed by atoms with Gasteiger partial charge in [0, 0.05) is 18.8 Å². The van der Waals surface area contributed by atoms with Gasteiger partial charge in [-0.2, -0.15) is 5.10 Å². The second kappa shape index (κ2) is 6.19. The van der Waals surface area contributed by atoms with Crippen LogP contribution in [0.4, 0.5) is 0 Å². The van der Waals surface area contributed by atoms with Crippen molar-refractivity contribution in [1.29, 1.82) is 0 Å². The average Bonchev–Trinajstić information content (AvgIpc) is 2.95. The first-order valence-electron chi connectivity index (χ1n) is 6.66. The summed E-state index contributed by atoms with van der Waals surface area (Å²) in [4.78, 5) is 0.203. The third kappa shape index (κ3) is 3.26. The lowest BCUT2D eigenvalue weighted by Crippen LogP contribution is -2.28. The number of aromatic nitrogens is 2. The molecular formula is C14H19N3O2S. The van der Waals surface area contributed by atoms with Gasteiger partial charge in [0.15, 0.2) is 0 Å². The minimum absolute atomic E-state index is 0.203. The molecule has 2 rings (SSSR count). The molecule has 0 unspecified atom stereocenters. The van der Waals surface area contributed by atoms with E-state index >= 15 is 0 Å². The summed E-state index contributed by atoms with van der Waals surface area (Å²) in [5, 5.41) is 4.00. The first-order valence-corrected chi connectivity index (χ1v) is 8.15. The van der Waals surface area contributed by atoms with E-state index in [0.29, 0.717) is 13.0 Å². The summed E-state index contributed by atoms with van der Waals surface area (Å²) < 4.78 is 29.0. The first kappa shape index (κ1) is 14.7. The topological polar surface area (TPSA) is 64.0 Å². The van der Waals surface area contributed by atoms with Gasteiger partial charge in [0.05, 0.1) is 6.20 Å². The summed E-state index contributed by atoms with van der Waals surface area (Å²) in [6.07, 6.45) is 3.61. The lowest BCUT2D eigenvalue weighted by atomic mass is 10.1. The van der Waals surface area contributed by atoms with Crippen LogP contribution in [0, 0.1) is 0 Å². The molecule has 1 atom stereocenters. The van der Waals surface area contributed by atoms with Gasteiger partial charge in [-0.25, -0.2) is 13.1 Å². The minimum Gasteiger partial charge on any atom is -0.272 e. The van der Waals surface area contributed by atoms with Crippen LogP contribution in [0.2, 0.25) is 0 Å². The number of hydrogen-bond acceptors (Lipinski definition) is 3. The fraction of sp³-hybridized carbons (Fsp3) is 0.357. The Morgan fingerprint density at radius 1 is 1.25 bits per heavy atom. The molecule has 0 amide bonds. The van der Waals surface area contributed by atoms with Crippen molar-refractivity contribution < 1.29 is 8.42 Å². The molecule has 0 spiro atoms. The Morgan fingerprint density at radius 3 is 2.50 bits per heavy atom. The molecule has 0 saturated heterocycles. The quantitative estimate of drug-likeness (QED) is 0.889. The molecule has 20 heavy (non-hydrogen) atoms. The Bertz CT molecular complexity index is 650. The number of nitrogens with zero attached hydrogens (tertiary/aromatic N) is 2. The van der Waals surface area contributed by atoms with Crippen LogP contribution in [0.25, 0.3) is 0 Å². The van der Waals surface area contributed by atoms with Crippen LogP contribution in [-0.2, 0) is 16.6 Å². The number of rotatable bonds is 6. The summed E-state index contributed by atoms with van der Waals surface area (Å²) in [5.41, 5.74) is 0.960. The Kier molecular flexibility index (Phi) is 4.57. The van der Waals surface area contributed by atoms with Gasteiger partial charge in [-0.15, -0.1) is 0 Å². The molecule has 1 aromatic heterocycles. The van der Waals surface area contributed by atoms with Crippen molar-refractivity contribution in [1.82, 2.24) is 14.5 Å². The summed E-state index contributed by atoms with van der Waals surface area (Å²) in [6.45, 7) is 4.51. The van der Waals surface area contributed by atoms with Gasteiger partial charge in [0.25, 0.3) is 0 Å². The molecule has 0 bridgehead atoms. The third-order valence-corrected chi connectivity index (χ3v) is 4.58. The maximum absolute atomic E-state index is 12.3. The highest BCUT2D eigenvalue weighted by molar-refractivity contribution is 7.89. The lowest BCUT2D eigenvalue weighted by Gasteiger charge is -2.16. The Hall–Kier alpha value is -1.66. The first-order chi connectivity index (χ1) is 9.56. The smallest absolute Gasteiger partial charge is 0.244 e.